The Labute approximate surface area is 149 Å². The molecule has 0 bridgehead atoms. The summed E-state index contributed by atoms with van der Waals surface area (Å²) in [5.74, 6) is -0.494. The Morgan fingerprint density at radius 2 is 2.04 bits per heavy atom. The van der Waals surface area contributed by atoms with Gasteiger partial charge < -0.3 is 19.4 Å². The van der Waals surface area contributed by atoms with Crippen molar-refractivity contribution in [2.24, 2.45) is 0 Å². The van der Waals surface area contributed by atoms with Crippen LogP contribution >= 0.6 is 11.8 Å². The molecule has 1 unspecified atom stereocenters. The molecule has 1 atom stereocenters. The Bertz CT molecular complexity index is 944. The third-order valence-corrected chi connectivity index (χ3v) is 4.98. The summed E-state index contributed by atoms with van der Waals surface area (Å²) in [7, 11) is 1.49. The number of thioether (sulfide) groups is 1. The first-order valence-electron chi connectivity index (χ1n) is 7.67. The lowest BCUT2D eigenvalue weighted by Gasteiger charge is -2.09. The molecule has 0 radical (unpaired) electrons. The molecule has 0 saturated carbocycles. The van der Waals surface area contributed by atoms with Crippen molar-refractivity contribution in [2.45, 2.75) is 17.7 Å². The number of furan rings is 1. The summed E-state index contributed by atoms with van der Waals surface area (Å²) < 4.78 is 11.2. The fraction of sp³-hybridized carbons (Fsp3) is 0.211. The van der Waals surface area contributed by atoms with E-state index >= 15 is 0 Å². The first-order valence-corrected chi connectivity index (χ1v) is 8.90. The molecule has 130 valence electrons. The van der Waals surface area contributed by atoms with Crippen molar-refractivity contribution >= 4 is 28.7 Å². The molecule has 5 nitrogen and oxygen atoms in total. The van der Waals surface area contributed by atoms with Crippen molar-refractivity contribution in [2.75, 3.05) is 13.4 Å². The monoisotopic (exact) mass is 358 g/mol. The summed E-state index contributed by atoms with van der Waals surface area (Å²) in [6.45, 7) is 1.66. The molecular weight excluding hydrogens is 340 g/mol. The Kier molecular flexibility index (Phi) is 4.63. The molecule has 0 spiro atoms. The van der Waals surface area contributed by atoms with E-state index in [1.54, 1.807) is 31.2 Å². The zero-order chi connectivity index (χ0) is 18.1. The number of carboxylic acids is 1. The summed E-state index contributed by atoms with van der Waals surface area (Å²) in [6.07, 6.45) is 1.92. The summed E-state index contributed by atoms with van der Waals surface area (Å²) in [5, 5.41) is 20.0. The van der Waals surface area contributed by atoms with E-state index in [0.717, 1.165) is 21.4 Å². The van der Waals surface area contributed by atoms with Crippen molar-refractivity contribution in [3.63, 3.8) is 0 Å². The molecule has 1 aromatic heterocycles. The highest BCUT2D eigenvalue weighted by Gasteiger charge is 2.23. The van der Waals surface area contributed by atoms with Crippen LogP contribution in [0.1, 0.15) is 18.4 Å². The normalized spacial score (nSPS) is 12.3. The van der Waals surface area contributed by atoms with Gasteiger partial charge >= 0.3 is 5.97 Å². The standard InChI is InChI=1S/C19H18O5S/c1-10(19(21)22)12-5-4-6-14-16(12)18(25-3)17(24-14)11-7-8-13(20)15(9-11)23-2/h4-10,20H,1-3H3,(H,21,22). The fourth-order valence-electron chi connectivity index (χ4n) is 2.84. The average Bonchev–Trinajstić information content (AvgIpc) is 3.00. The molecule has 3 aromatic rings. The molecule has 0 fully saturated rings. The van der Waals surface area contributed by atoms with Crippen LogP contribution < -0.4 is 4.74 Å². The van der Waals surface area contributed by atoms with E-state index in [1.165, 1.54) is 18.9 Å². The minimum Gasteiger partial charge on any atom is -0.504 e. The Balaban J connectivity index is 2.27. The maximum absolute atomic E-state index is 11.5. The topological polar surface area (TPSA) is 79.9 Å². The predicted molar refractivity (Wildman–Crippen MR) is 97.7 cm³/mol. The molecule has 0 aliphatic rings. The van der Waals surface area contributed by atoms with E-state index in [4.69, 9.17) is 9.15 Å². The number of hydrogen-bond acceptors (Lipinski definition) is 5. The molecule has 0 saturated heterocycles. The van der Waals surface area contributed by atoms with E-state index in [2.05, 4.69) is 0 Å². The lowest BCUT2D eigenvalue weighted by molar-refractivity contribution is -0.138. The van der Waals surface area contributed by atoms with Crippen LogP contribution in [0.25, 0.3) is 22.3 Å². The van der Waals surface area contributed by atoms with E-state index in [1.807, 2.05) is 18.4 Å². The number of phenols is 1. The number of aliphatic carboxylic acids is 1. The second-order valence-electron chi connectivity index (χ2n) is 5.63. The Hall–Kier alpha value is -2.60. The summed E-state index contributed by atoms with van der Waals surface area (Å²) >= 11 is 1.50. The second kappa shape index (κ2) is 6.72. The smallest absolute Gasteiger partial charge is 0.310 e. The van der Waals surface area contributed by atoms with E-state index in [-0.39, 0.29) is 5.75 Å². The summed E-state index contributed by atoms with van der Waals surface area (Å²) in [6, 6.07) is 10.4. The van der Waals surface area contributed by atoms with Crippen LogP contribution in [-0.4, -0.2) is 29.5 Å². The molecule has 3 rings (SSSR count). The van der Waals surface area contributed by atoms with Crippen LogP contribution in [-0.2, 0) is 4.79 Å². The van der Waals surface area contributed by atoms with Crippen molar-refractivity contribution in [3.8, 4) is 22.8 Å². The number of phenolic OH excluding ortho intramolecular Hbond substituents is 1. The molecule has 0 amide bonds. The molecule has 6 heteroatoms. The SMILES string of the molecule is COc1cc(-c2oc3cccc(C(C)C(=O)O)c3c2SC)ccc1O. The van der Waals surface area contributed by atoms with Gasteiger partial charge in [0.25, 0.3) is 0 Å². The number of carboxylic acid groups (broad SMARTS) is 1. The number of rotatable bonds is 5. The van der Waals surface area contributed by atoms with Crippen LogP contribution in [0.2, 0.25) is 0 Å². The van der Waals surface area contributed by atoms with Gasteiger partial charge in [-0.1, -0.05) is 12.1 Å². The minimum atomic E-state index is -0.881. The van der Waals surface area contributed by atoms with Gasteiger partial charge in [-0.05, 0) is 43.0 Å². The van der Waals surface area contributed by atoms with Crippen molar-refractivity contribution < 1.29 is 24.2 Å². The van der Waals surface area contributed by atoms with Crippen molar-refractivity contribution in [1.29, 1.82) is 0 Å². The van der Waals surface area contributed by atoms with Crippen LogP contribution in [0.15, 0.2) is 45.7 Å². The lowest BCUT2D eigenvalue weighted by Crippen LogP contribution is -2.07. The quantitative estimate of drug-likeness (QED) is 0.642. The molecule has 2 aromatic carbocycles. The van der Waals surface area contributed by atoms with Gasteiger partial charge in [-0.2, -0.15) is 0 Å². The third kappa shape index (κ3) is 2.93. The van der Waals surface area contributed by atoms with E-state index < -0.39 is 11.9 Å². The first kappa shape index (κ1) is 17.2. The average molecular weight is 358 g/mol. The van der Waals surface area contributed by atoms with E-state index in [0.29, 0.717) is 17.1 Å². The van der Waals surface area contributed by atoms with E-state index in [9.17, 15) is 15.0 Å². The number of hydrogen-bond donors (Lipinski definition) is 2. The zero-order valence-corrected chi connectivity index (χ0v) is 14.9. The van der Waals surface area contributed by atoms with Crippen LogP contribution in [0.5, 0.6) is 11.5 Å². The van der Waals surface area contributed by atoms with Crippen LogP contribution in [0.4, 0.5) is 0 Å². The van der Waals surface area contributed by atoms with Gasteiger partial charge in [-0.15, -0.1) is 11.8 Å². The van der Waals surface area contributed by atoms with Gasteiger partial charge in [0.1, 0.15) is 11.3 Å². The number of benzene rings is 2. The largest absolute Gasteiger partial charge is 0.504 e. The van der Waals surface area contributed by atoms with Crippen molar-refractivity contribution in [3.05, 3.63) is 42.0 Å². The molecular formula is C19H18O5S. The zero-order valence-electron chi connectivity index (χ0n) is 14.1. The predicted octanol–water partition coefficient (Wildman–Crippen LogP) is 4.72. The highest BCUT2D eigenvalue weighted by Crippen LogP contribution is 2.44. The van der Waals surface area contributed by atoms with Crippen LogP contribution in [0.3, 0.4) is 0 Å². The number of fused-ring (bicyclic) bond motifs is 1. The summed E-state index contributed by atoms with van der Waals surface area (Å²) in [4.78, 5) is 12.3. The van der Waals surface area contributed by atoms with Crippen molar-refractivity contribution in [1.82, 2.24) is 0 Å². The molecule has 1 heterocycles. The van der Waals surface area contributed by atoms with Gasteiger partial charge in [0.2, 0.25) is 0 Å². The molecule has 25 heavy (non-hydrogen) atoms. The molecule has 2 N–H and O–H groups in total. The highest BCUT2D eigenvalue weighted by atomic mass is 32.2. The summed E-state index contributed by atoms with van der Waals surface area (Å²) in [5.41, 5.74) is 2.11. The minimum absolute atomic E-state index is 0.0493. The number of methoxy groups -OCH3 is 1. The van der Waals surface area contributed by atoms with Gasteiger partial charge in [0, 0.05) is 10.9 Å². The molecule has 0 aliphatic carbocycles. The number of aromatic hydroxyl groups is 1. The Morgan fingerprint density at radius 1 is 1.28 bits per heavy atom. The van der Waals surface area contributed by atoms with Crippen LogP contribution in [0, 0.1) is 0 Å². The lowest BCUT2D eigenvalue weighted by atomic mass is 9.97. The van der Waals surface area contributed by atoms with Gasteiger partial charge in [-0.3, -0.25) is 4.79 Å². The number of carbonyl (C=O) groups is 1. The maximum atomic E-state index is 11.5. The highest BCUT2D eigenvalue weighted by molar-refractivity contribution is 7.99. The maximum Gasteiger partial charge on any atom is 0.310 e. The Morgan fingerprint density at radius 3 is 2.68 bits per heavy atom. The number of ether oxygens (including phenoxy) is 1. The fourth-order valence-corrected chi connectivity index (χ4v) is 3.61. The first-order chi connectivity index (χ1) is 12.0. The van der Waals surface area contributed by atoms with Gasteiger partial charge in [0.05, 0.1) is 17.9 Å². The van der Waals surface area contributed by atoms with Gasteiger partial charge in [0.15, 0.2) is 11.5 Å². The second-order valence-corrected chi connectivity index (χ2v) is 6.45. The van der Waals surface area contributed by atoms with Gasteiger partial charge in [-0.25, -0.2) is 0 Å². The third-order valence-electron chi connectivity index (χ3n) is 4.19. The molecule has 0 aliphatic heterocycles.